The molecule has 0 bridgehead atoms. The Morgan fingerprint density at radius 3 is 2.38 bits per heavy atom. The number of hydrogen-bond donors (Lipinski definition) is 0. The summed E-state index contributed by atoms with van der Waals surface area (Å²) in [5.41, 5.74) is 3.15. The smallest absolute Gasteiger partial charge is 0.223 e. The summed E-state index contributed by atoms with van der Waals surface area (Å²) >= 11 is 0. The Balaban J connectivity index is 1.46. The number of para-hydroxylation sites is 3. The van der Waals surface area contributed by atoms with E-state index in [9.17, 15) is 4.79 Å². The number of carbonyl (C=O) groups is 1. The highest BCUT2D eigenvalue weighted by molar-refractivity contribution is 5.79. The number of nitrogens with zero attached hydrogens (tertiary/aromatic N) is 4. The lowest BCUT2D eigenvalue weighted by Gasteiger charge is -2.35. The largest absolute Gasteiger partial charge is 0.340 e. The van der Waals surface area contributed by atoms with Gasteiger partial charge in [-0.05, 0) is 30.2 Å². The highest BCUT2D eigenvalue weighted by atomic mass is 16.2. The summed E-state index contributed by atoms with van der Waals surface area (Å²) in [5.74, 6) is 1.85. The number of imidazole rings is 1. The van der Waals surface area contributed by atoms with E-state index in [0.717, 1.165) is 55.3 Å². The first-order chi connectivity index (χ1) is 14.1. The topological polar surface area (TPSA) is 41.4 Å². The molecule has 1 aliphatic rings. The molecule has 0 atom stereocenters. The van der Waals surface area contributed by atoms with Gasteiger partial charge in [0.1, 0.15) is 5.82 Å². The molecule has 1 aliphatic heterocycles. The van der Waals surface area contributed by atoms with E-state index < -0.39 is 0 Å². The summed E-state index contributed by atoms with van der Waals surface area (Å²) in [5, 5.41) is 0. The van der Waals surface area contributed by atoms with Crippen LogP contribution in [0.15, 0.2) is 54.6 Å². The van der Waals surface area contributed by atoms with Crippen molar-refractivity contribution in [1.29, 1.82) is 0 Å². The quantitative estimate of drug-likeness (QED) is 0.644. The zero-order chi connectivity index (χ0) is 20.2. The third-order valence-electron chi connectivity index (χ3n) is 5.56. The standard InChI is InChI=1S/C24H30N4O/c1-19(2)18-26-14-16-27(17-15-26)24(29)13-12-23-25-21-10-6-7-11-22(21)28(23)20-8-4-3-5-9-20/h3-11,19H,12-18H2,1-2H3. The molecule has 0 spiro atoms. The summed E-state index contributed by atoms with van der Waals surface area (Å²) in [7, 11) is 0. The van der Waals surface area contributed by atoms with Gasteiger partial charge in [-0.3, -0.25) is 14.3 Å². The lowest BCUT2D eigenvalue weighted by atomic mass is 10.2. The first kappa shape index (κ1) is 19.6. The molecule has 1 fully saturated rings. The molecule has 4 rings (SSSR count). The predicted molar refractivity (Wildman–Crippen MR) is 117 cm³/mol. The van der Waals surface area contributed by atoms with Crippen LogP contribution in [0.3, 0.4) is 0 Å². The van der Waals surface area contributed by atoms with Gasteiger partial charge in [0, 0.05) is 51.3 Å². The maximum atomic E-state index is 12.8. The number of aryl methyl sites for hydroxylation is 1. The molecule has 5 heteroatoms. The van der Waals surface area contributed by atoms with Crippen LogP contribution in [0, 0.1) is 5.92 Å². The van der Waals surface area contributed by atoms with Crippen LogP contribution in [0.4, 0.5) is 0 Å². The number of rotatable bonds is 6. The molecule has 0 saturated carbocycles. The van der Waals surface area contributed by atoms with Crippen LogP contribution in [-0.2, 0) is 11.2 Å². The van der Waals surface area contributed by atoms with Crippen molar-refractivity contribution in [2.24, 2.45) is 5.92 Å². The lowest BCUT2D eigenvalue weighted by molar-refractivity contribution is -0.133. The fourth-order valence-corrected chi connectivity index (χ4v) is 4.18. The molecule has 0 unspecified atom stereocenters. The van der Waals surface area contributed by atoms with Crippen LogP contribution in [-0.4, -0.2) is 58.0 Å². The number of piperazine rings is 1. The van der Waals surface area contributed by atoms with Crippen LogP contribution in [0.5, 0.6) is 0 Å². The number of hydrogen-bond acceptors (Lipinski definition) is 3. The molecule has 1 aromatic heterocycles. The SMILES string of the molecule is CC(C)CN1CCN(C(=O)CCc2nc3ccccc3n2-c2ccccc2)CC1. The van der Waals surface area contributed by atoms with Gasteiger partial charge in [0.25, 0.3) is 0 Å². The maximum absolute atomic E-state index is 12.8. The van der Waals surface area contributed by atoms with Crippen molar-refractivity contribution in [3.63, 3.8) is 0 Å². The highest BCUT2D eigenvalue weighted by Gasteiger charge is 2.22. The summed E-state index contributed by atoms with van der Waals surface area (Å²) in [6.45, 7) is 9.23. The molecule has 5 nitrogen and oxygen atoms in total. The molecule has 0 aliphatic carbocycles. The number of aromatic nitrogens is 2. The first-order valence-electron chi connectivity index (χ1n) is 10.6. The Morgan fingerprint density at radius 1 is 0.966 bits per heavy atom. The van der Waals surface area contributed by atoms with Gasteiger partial charge in [-0.1, -0.05) is 44.2 Å². The Bertz CT molecular complexity index is 955. The van der Waals surface area contributed by atoms with Gasteiger partial charge in [0.2, 0.25) is 5.91 Å². The minimum Gasteiger partial charge on any atom is -0.340 e. The van der Waals surface area contributed by atoms with E-state index in [-0.39, 0.29) is 5.91 Å². The lowest BCUT2D eigenvalue weighted by Crippen LogP contribution is -2.49. The van der Waals surface area contributed by atoms with Gasteiger partial charge in [0.05, 0.1) is 11.0 Å². The second-order valence-electron chi connectivity index (χ2n) is 8.26. The van der Waals surface area contributed by atoms with Crippen LogP contribution in [0.1, 0.15) is 26.1 Å². The van der Waals surface area contributed by atoms with Crippen LogP contribution in [0.2, 0.25) is 0 Å². The predicted octanol–water partition coefficient (Wildman–Crippen LogP) is 3.76. The second kappa shape index (κ2) is 8.78. The molecular formula is C24H30N4O. The number of fused-ring (bicyclic) bond motifs is 1. The molecule has 2 aromatic carbocycles. The van der Waals surface area contributed by atoms with Gasteiger partial charge in [-0.15, -0.1) is 0 Å². The van der Waals surface area contributed by atoms with Crippen LogP contribution < -0.4 is 0 Å². The molecule has 29 heavy (non-hydrogen) atoms. The average molecular weight is 391 g/mol. The summed E-state index contributed by atoms with van der Waals surface area (Å²) in [6.07, 6.45) is 1.15. The minimum atomic E-state index is 0.237. The summed E-state index contributed by atoms with van der Waals surface area (Å²) < 4.78 is 2.18. The zero-order valence-corrected chi connectivity index (χ0v) is 17.4. The number of amides is 1. The first-order valence-corrected chi connectivity index (χ1v) is 10.6. The van der Waals surface area contributed by atoms with Crippen molar-refractivity contribution in [1.82, 2.24) is 19.4 Å². The second-order valence-corrected chi connectivity index (χ2v) is 8.26. The third-order valence-corrected chi connectivity index (χ3v) is 5.56. The molecule has 2 heterocycles. The van der Waals surface area contributed by atoms with Crippen molar-refractivity contribution in [3.8, 4) is 5.69 Å². The highest BCUT2D eigenvalue weighted by Crippen LogP contribution is 2.22. The Morgan fingerprint density at radius 2 is 1.66 bits per heavy atom. The van der Waals surface area contributed by atoms with Crippen molar-refractivity contribution >= 4 is 16.9 Å². The molecule has 3 aromatic rings. The van der Waals surface area contributed by atoms with Crippen molar-refractivity contribution in [3.05, 3.63) is 60.4 Å². The molecule has 1 saturated heterocycles. The van der Waals surface area contributed by atoms with Gasteiger partial charge in [0.15, 0.2) is 0 Å². The van der Waals surface area contributed by atoms with E-state index >= 15 is 0 Å². The normalized spacial score (nSPS) is 15.3. The molecule has 152 valence electrons. The molecule has 0 radical (unpaired) electrons. The van der Waals surface area contributed by atoms with Gasteiger partial charge >= 0.3 is 0 Å². The van der Waals surface area contributed by atoms with Gasteiger partial charge in [-0.25, -0.2) is 4.98 Å². The fraction of sp³-hybridized carbons (Fsp3) is 0.417. The van der Waals surface area contributed by atoms with E-state index in [0.29, 0.717) is 18.8 Å². The fourth-order valence-electron chi connectivity index (χ4n) is 4.18. The summed E-state index contributed by atoms with van der Waals surface area (Å²) in [4.78, 5) is 22.2. The van der Waals surface area contributed by atoms with E-state index in [1.54, 1.807) is 0 Å². The van der Waals surface area contributed by atoms with E-state index in [4.69, 9.17) is 4.98 Å². The van der Waals surface area contributed by atoms with Crippen molar-refractivity contribution < 1.29 is 4.79 Å². The van der Waals surface area contributed by atoms with Crippen molar-refractivity contribution in [2.45, 2.75) is 26.7 Å². The van der Waals surface area contributed by atoms with E-state index in [1.165, 1.54) is 0 Å². The Hall–Kier alpha value is -2.66. The van der Waals surface area contributed by atoms with E-state index in [1.807, 2.05) is 41.3 Å². The third kappa shape index (κ3) is 4.51. The maximum Gasteiger partial charge on any atom is 0.223 e. The van der Waals surface area contributed by atoms with Crippen molar-refractivity contribution in [2.75, 3.05) is 32.7 Å². The zero-order valence-electron chi connectivity index (χ0n) is 17.4. The average Bonchev–Trinajstić information content (AvgIpc) is 3.11. The monoisotopic (exact) mass is 390 g/mol. The van der Waals surface area contributed by atoms with Crippen LogP contribution >= 0.6 is 0 Å². The van der Waals surface area contributed by atoms with Gasteiger partial charge in [-0.2, -0.15) is 0 Å². The molecule has 0 N–H and O–H groups in total. The molecular weight excluding hydrogens is 360 g/mol. The number of benzene rings is 2. The Kier molecular flexibility index (Phi) is 5.95. The number of carbonyl (C=O) groups excluding carboxylic acids is 1. The summed E-state index contributed by atoms with van der Waals surface area (Å²) in [6, 6.07) is 18.4. The van der Waals surface area contributed by atoms with Gasteiger partial charge < -0.3 is 4.90 Å². The van der Waals surface area contributed by atoms with Crippen LogP contribution in [0.25, 0.3) is 16.7 Å². The molecule has 1 amide bonds. The van der Waals surface area contributed by atoms with E-state index in [2.05, 4.69) is 41.5 Å². The Labute approximate surface area is 172 Å². The minimum absolute atomic E-state index is 0.237.